The molecule has 0 spiro atoms. The molecular formula is C25H32Br2N2O3. The fourth-order valence-corrected chi connectivity index (χ4v) is 3.83. The van der Waals surface area contributed by atoms with Gasteiger partial charge in [-0.05, 0) is 77.5 Å². The summed E-state index contributed by atoms with van der Waals surface area (Å²) in [5, 5.41) is 2.97. The van der Waals surface area contributed by atoms with E-state index in [4.69, 9.17) is 4.74 Å². The number of rotatable bonds is 10. The van der Waals surface area contributed by atoms with E-state index in [9.17, 15) is 9.59 Å². The first-order chi connectivity index (χ1) is 15.1. The second kappa shape index (κ2) is 12.4. The molecule has 0 aliphatic heterocycles. The van der Waals surface area contributed by atoms with E-state index in [2.05, 4.69) is 51.0 Å². The Morgan fingerprint density at radius 2 is 1.69 bits per heavy atom. The maximum absolute atomic E-state index is 13.2. The van der Waals surface area contributed by atoms with E-state index in [0.29, 0.717) is 18.2 Å². The molecule has 174 valence electrons. The minimum Gasteiger partial charge on any atom is -0.483 e. The van der Waals surface area contributed by atoms with Crippen molar-refractivity contribution < 1.29 is 14.3 Å². The minimum absolute atomic E-state index is 0.0428. The van der Waals surface area contributed by atoms with Gasteiger partial charge in [-0.15, -0.1) is 0 Å². The van der Waals surface area contributed by atoms with Gasteiger partial charge in [0.05, 0.1) is 4.47 Å². The summed E-state index contributed by atoms with van der Waals surface area (Å²) >= 11 is 6.96. The first kappa shape index (κ1) is 26.4. The molecule has 0 saturated carbocycles. The molecule has 2 rings (SSSR count). The van der Waals surface area contributed by atoms with Crippen LogP contribution in [0.4, 0.5) is 0 Å². The van der Waals surface area contributed by atoms with Crippen molar-refractivity contribution in [3.63, 3.8) is 0 Å². The predicted molar refractivity (Wildman–Crippen MR) is 136 cm³/mol. The summed E-state index contributed by atoms with van der Waals surface area (Å²) in [5.41, 5.74) is 2.12. The molecule has 32 heavy (non-hydrogen) atoms. The monoisotopic (exact) mass is 566 g/mol. The highest BCUT2D eigenvalue weighted by atomic mass is 79.9. The average Bonchev–Trinajstić information content (AvgIpc) is 2.76. The number of hydrogen-bond acceptors (Lipinski definition) is 3. The molecule has 0 fully saturated rings. The van der Waals surface area contributed by atoms with Crippen LogP contribution in [-0.4, -0.2) is 35.4 Å². The number of ether oxygens (including phenoxy) is 1. The van der Waals surface area contributed by atoms with Crippen molar-refractivity contribution in [3.8, 4) is 5.75 Å². The molecule has 0 unspecified atom stereocenters. The van der Waals surface area contributed by atoms with E-state index in [-0.39, 0.29) is 24.5 Å². The normalized spacial score (nSPS) is 12.9. The first-order valence-electron chi connectivity index (χ1n) is 10.9. The Labute approximate surface area is 208 Å². The summed E-state index contributed by atoms with van der Waals surface area (Å²) in [6.07, 6.45) is 0.822. The summed E-state index contributed by atoms with van der Waals surface area (Å²) in [4.78, 5) is 27.5. The van der Waals surface area contributed by atoms with Crippen molar-refractivity contribution in [2.24, 2.45) is 0 Å². The molecule has 1 N–H and O–H groups in total. The van der Waals surface area contributed by atoms with Gasteiger partial charge in [0.25, 0.3) is 5.91 Å². The summed E-state index contributed by atoms with van der Waals surface area (Å²) in [5.74, 6) is 0.572. The molecule has 0 aliphatic carbocycles. The van der Waals surface area contributed by atoms with Crippen LogP contribution < -0.4 is 10.1 Å². The molecular weight excluding hydrogens is 536 g/mol. The zero-order valence-electron chi connectivity index (χ0n) is 19.3. The molecule has 0 saturated heterocycles. The number of carbonyl (C=O) groups excluding carboxylic acids is 2. The number of benzene rings is 2. The van der Waals surface area contributed by atoms with Crippen LogP contribution in [0.5, 0.6) is 5.75 Å². The van der Waals surface area contributed by atoms with Crippen molar-refractivity contribution in [1.29, 1.82) is 0 Å². The quantitative estimate of drug-likeness (QED) is 0.380. The Hall–Kier alpha value is -1.86. The topological polar surface area (TPSA) is 58.6 Å². The Morgan fingerprint density at radius 1 is 1.03 bits per heavy atom. The smallest absolute Gasteiger partial charge is 0.261 e. The number of carbonyl (C=O) groups is 2. The van der Waals surface area contributed by atoms with E-state index in [1.165, 1.54) is 5.56 Å². The van der Waals surface area contributed by atoms with Crippen LogP contribution in [-0.2, 0) is 16.1 Å². The standard InChI is InChI=1S/C25H32Br2N2O3/c1-6-17(4)28-25(31)18(5)29(14-19-7-10-21(26)11-8-19)24(30)15-32-23-12-9-20(16(2)3)13-22(23)27/h7-13,16-18H,6,14-15H2,1-5H3,(H,28,31)/t17-,18+/m0/s1. The summed E-state index contributed by atoms with van der Waals surface area (Å²) in [7, 11) is 0. The van der Waals surface area contributed by atoms with Crippen LogP contribution in [0, 0.1) is 0 Å². The zero-order valence-corrected chi connectivity index (χ0v) is 22.5. The van der Waals surface area contributed by atoms with Gasteiger partial charge in [-0.3, -0.25) is 9.59 Å². The molecule has 2 aromatic rings. The number of amides is 2. The van der Waals surface area contributed by atoms with Crippen molar-refractivity contribution in [3.05, 3.63) is 62.5 Å². The van der Waals surface area contributed by atoms with Crippen molar-refractivity contribution in [1.82, 2.24) is 10.2 Å². The van der Waals surface area contributed by atoms with E-state index in [1.54, 1.807) is 11.8 Å². The highest BCUT2D eigenvalue weighted by Gasteiger charge is 2.27. The highest BCUT2D eigenvalue weighted by Crippen LogP contribution is 2.29. The Kier molecular flexibility index (Phi) is 10.2. The number of nitrogens with one attached hydrogen (secondary N) is 1. The lowest BCUT2D eigenvalue weighted by atomic mass is 10.0. The Balaban J connectivity index is 2.17. The molecule has 0 radical (unpaired) electrons. The van der Waals surface area contributed by atoms with Crippen LogP contribution in [0.1, 0.15) is 58.1 Å². The molecule has 2 aromatic carbocycles. The van der Waals surface area contributed by atoms with E-state index < -0.39 is 6.04 Å². The van der Waals surface area contributed by atoms with Gasteiger partial charge >= 0.3 is 0 Å². The fraction of sp³-hybridized carbons (Fsp3) is 0.440. The minimum atomic E-state index is -0.629. The van der Waals surface area contributed by atoms with E-state index in [1.807, 2.05) is 56.3 Å². The van der Waals surface area contributed by atoms with Crippen molar-refractivity contribution in [2.75, 3.05) is 6.61 Å². The van der Waals surface area contributed by atoms with Crippen LogP contribution in [0.25, 0.3) is 0 Å². The number of nitrogens with zero attached hydrogens (tertiary/aromatic N) is 1. The van der Waals surface area contributed by atoms with Crippen LogP contribution in [0.15, 0.2) is 51.4 Å². The van der Waals surface area contributed by atoms with Crippen LogP contribution in [0.2, 0.25) is 0 Å². The molecule has 7 heteroatoms. The van der Waals surface area contributed by atoms with Crippen molar-refractivity contribution in [2.45, 2.75) is 65.6 Å². The van der Waals surface area contributed by atoms with Crippen LogP contribution in [0.3, 0.4) is 0 Å². The number of halogens is 2. The molecule has 0 aromatic heterocycles. The molecule has 2 atom stereocenters. The largest absolute Gasteiger partial charge is 0.483 e. The van der Waals surface area contributed by atoms with Gasteiger partial charge < -0.3 is 15.0 Å². The lowest BCUT2D eigenvalue weighted by Crippen LogP contribution is -2.50. The Morgan fingerprint density at radius 3 is 2.25 bits per heavy atom. The Bertz CT molecular complexity index is 916. The van der Waals surface area contributed by atoms with Gasteiger partial charge in [-0.2, -0.15) is 0 Å². The molecule has 0 aliphatic rings. The predicted octanol–water partition coefficient (Wildman–Crippen LogP) is 6.05. The zero-order chi connectivity index (χ0) is 23.8. The summed E-state index contributed by atoms with van der Waals surface area (Å²) in [6.45, 7) is 10.1. The second-order valence-corrected chi connectivity index (χ2v) is 10.0. The maximum Gasteiger partial charge on any atom is 0.261 e. The van der Waals surface area contributed by atoms with Gasteiger partial charge in [0.1, 0.15) is 11.8 Å². The molecule has 0 heterocycles. The van der Waals surface area contributed by atoms with Gasteiger partial charge in [-0.1, -0.05) is 54.9 Å². The van der Waals surface area contributed by atoms with Gasteiger partial charge in [0, 0.05) is 17.1 Å². The van der Waals surface area contributed by atoms with Gasteiger partial charge in [-0.25, -0.2) is 0 Å². The molecule has 0 bridgehead atoms. The third-order valence-corrected chi connectivity index (χ3v) is 6.56. The van der Waals surface area contributed by atoms with E-state index in [0.717, 1.165) is 20.9 Å². The van der Waals surface area contributed by atoms with Crippen molar-refractivity contribution >= 4 is 43.7 Å². The van der Waals surface area contributed by atoms with Crippen LogP contribution >= 0.6 is 31.9 Å². The number of hydrogen-bond donors (Lipinski definition) is 1. The average molecular weight is 568 g/mol. The highest BCUT2D eigenvalue weighted by molar-refractivity contribution is 9.10. The SMILES string of the molecule is CC[C@H](C)NC(=O)[C@@H](C)N(Cc1ccc(Br)cc1)C(=O)COc1ccc(C(C)C)cc1Br. The van der Waals surface area contributed by atoms with Gasteiger partial charge in [0.15, 0.2) is 6.61 Å². The molecule has 5 nitrogen and oxygen atoms in total. The first-order valence-corrected chi connectivity index (χ1v) is 12.5. The fourth-order valence-electron chi connectivity index (χ4n) is 3.05. The summed E-state index contributed by atoms with van der Waals surface area (Å²) < 4.78 is 7.59. The maximum atomic E-state index is 13.2. The third kappa shape index (κ3) is 7.62. The lowest BCUT2D eigenvalue weighted by molar-refractivity contribution is -0.142. The lowest BCUT2D eigenvalue weighted by Gasteiger charge is -2.29. The molecule has 2 amide bonds. The second-order valence-electron chi connectivity index (χ2n) is 8.28. The van der Waals surface area contributed by atoms with E-state index >= 15 is 0 Å². The third-order valence-electron chi connectivity index (χ3n) is 5.41. The van der Waals surface area contributed by atoms with Gasteiger partial charge in [0.2, 0.25) is 5.91 Å². The summed E-state index contributed by atoms with van der Waals surface area (Å²) in [6, 6.07) is 13.0.